The minimum absolute atomic E-state index is 0.0453. The fourth-order valence-corrected chi connectivity index (χ4v) is 3.89. The lowest BCUT2D eigenvalue weighted by Crippen LogP contribution is -2.32. The summed E-state index contributed by atoms with van der Waals surface area (Å²) >= 11 is 5.95. The first-order valence-corrected chi connectivity index (χ1v) is 11.7. The fraction of sp³-hybridized carbons (Fsp3) is 0.185. The van der Waals surface area contributed by atoms with E-state index in [-0.39, 0.29) is 23.4 Å². The van der Waals surface area contributed by atoms with Crippen LogP contribution in [0.1, 0.15) is 34.0 Å². The summed E-state index contributed by atoms with van der Waals surface area (Å²) in [5.74, 6) is -4.17. The topological polar surface area (TPSA) is 85.6 Å². The number of halogens is 6. The number of nitroso groups, excluding NO2 is 1. The highest BCUT2D eigenvalue weighted by atomic mass is 35.5. The fourth-order valence-electron chi connectivity index (χ4n) is 3.76. The molecule has 2 N–H and O–H groups in total. The van der Waals surface area contributed by atoms with Crippen LogP contribution in [0.15, 0.2) is 83.7 Å². The van der Waals surface area contributed by atoms with Gasteiger partial charge in [-0.3, -0.25) is 4.79 Å². The summed E-state index contributed by atoms with van der Waals surface area (Å²) in [6, 6.07) is 15.1. The number of allylic oxidation sites excluding steroid dienone is 2. The number of nitrogens with zero attached hydrogens (tertiary/aromatic N) is 2. The second-order valence-electron chi connectivity index (χ2n) is 8.46. The number of carbonyl (C=O) groups excluding carboxylic acids is 1. The average Bonchev–Trinajstić information content (AvgIpc) is 2.89. The maximum absolute atomic E-state index is 14.3. The zero-order valence-corrected chi connectivity index (χ0v) is 21.4. The normalized spacial score (nSPS) is 12.2. The largest absolute Gasteiger partial charge is 0.430 e. The number of amides is 1. The molecule has 0 spiro atoms. The van der Waals surface area contributed by atoms with Gasteiger partial charge in [0.15, 0.2) is 0 Å². The van der Waals surface area contributed by atoms with E-state index in [0.29, 0.717) is 23.6 Å². The van der Waals surface area contributed by atoms with Crippen LogP contribution in [-0.2, 0) is 12.5 Å². The maximum atomic E-state index is 14.3. The van der Waals surface area contributed by atoms with Gasteiger partial charge >= 0.3 is 6.18 Å². The van der Waals surface area contributed by atoms with E-state index in [0.717, 1.165) is 30.1 Å². The van der Waals surface area contributed by atoms with Crippen LogP contribution < -0.4 is 10.2 Å². The first-order valence-electron chi connectivity index (χ1n) is 11.3. The van der Waals surface area contributed by atoms with Crippen LogP contribution >= 0.6 is 11.6 Å². The summed E-state index contributed by atoms with van der Waals surface area (Å²) in [4.78, 5) is 26.5. The van der Waals surface area contributed by atoms with E-state index in [4.69, 9.17) is 17.0 Å². The lowest BCUT2D eigenvalue weighted by Gasteiger charge is -2.26. The molecule has 3 aromatic rings. The predicted octanol–water partition coefficient (Wildman–Crippen LogP) is 7.73. The molecule has 204 valence electrons. The number of alkyl halides is 5. The molecule has 0 heterocycles. The second kappa shape index (κ2) is 11.7. The molecular weight excluding hydrogens is 543 g/mol. The summed E-state index contributed by atoms with van der Waals surface area (Å²) in [6.45, 7) is 0.526. The minimum Gasteiger partial charge on any atom is -0.384 e. The third-order valence-corrected chi connectivity index (χ3v) is 5.93. The third kappa shape index (κ3) is 7.05. The molecule has 3 aromatic carbocycles. The smallest absolute Gasteiger partial charge is 0.384 e. The molecule has 0 fully saturated rings. The van der Waals surface area contributed by atoms with Gasteiger partial charge in [-0.05, 0) is 53.2 Å². The zero-order valence-electron chi connectivity index (χ0n) is 20.6. The first kappa shape index (κ1) is 29.4. The van der Waals surface area contributed by atoms with Gasteiger partial charge in [-0.25, -0.2) is 8.78 Å². The lowest BCUT2D eigenvalue weighted by molar-refractivity contribution is -0.0959. The van der Waals surface area contributed by atoms with Crippen molar-refractivity contribution >= 4 is 34.6 Å². The molecule has 0 atom stereocenters. The summed E-state index contributed by atoms with van der Waals surface area (Å²) in [7, 11) is 1.03. The van der Waals surface area contributed by atoms with Crippen molar-refractivity contribution in [3.8, 4) is 0 Å². The highest BCUT2D eigenvalue weighted by Crippen LogP contribution is 2.34. The van der Waals surface area contributed by atoms with Gasteiger partial charge in [-0.1, -0.05) is 41.9 Å². The van der Waals surface area contributed by atoms with Gasteiger partial charge in [-0.15, -0.1) is 4.91 Å². The van der Waals surface area contributed by atoms with Crippen LogP contribution in [0.25, 0.3) is 0 Å². The molecule has 0 aromatic heterocycles. The number of rotatable bonds is 9. The van der Waals surface area contributed by atoms with Crippen LogP contribution in [0.2, 0.25) is 5.02 Å². The lowest BCUT2D eigenvalue weighted by atomic mass is 10.00. The Morgan fingerprint density at radius 2 is 1.67 bits per heavy atom. The molecule has 0 aliphatic heterocycles. The Morgan fingerprint density at radius 3 is 2.23 bits per heavy atom. The molecule has 6 nitrogen and oxygen atoms in total. The van der Waals surface area contributed by atoms with E-state index in [1.165, 1.54) is 24.3 Å². The van der Waals surface area contributed by atoms with Crippen LogP contribution in [0, 0.1) is 10.3 Å². The number of hydrogen-bond donors (Lipinski definition) is 2. The summed E-state index contributed by atoms with van der Waals surface area (Å²) in [6.07, 6.45) is -4.27. The Balaban J connectivity index is 2.13. The van der Waals surface area contributed by atoms with E-state index < -0.39 is 40.7 Å². The van der Waals surface area contributed by atoms with Gasteiger partial charge in [0.05, 0.1) is 12.3 Å². The van der Waals surface area contributed by atoms with E-state index in [2.05, 4.69) is 5.18 Å². The molecule has 39 heavy (non-hydrogen) atoms. The van der Waals surface area contributed by atoms with Crippen LogP contribution in [0.5, 0.6) is 0 Å². The number of hydrogen-bond acceptors (Lipinski definition) is 5. The summed E-state index contributed by atoms with van der Waals surface area (Å²) in [5.41, 5.74) is -2.72. The Hall–Kier alpha value is -4.12. The Labute approximate surface area is 225 Å². The van der Waals surface area contributed by atoms with Crippen LogP contribution in [0.3, 0.4) is 0 Å². The van der Waals surface area contributed by atoms with Crippen molar-refractivity contribution in [2.24, 2.45) is 5.18 Å². The molecular formula is C27H22ClF5N4O2. The van der Waals surface area contributed by atoms with E-state index in [9.17, 15) is 31.7 Å². The molecule has 0 unspecified atom stereocenters. The van der Waals surface area contributed by atoms with Crippen LogP contribution in [0.4, 0.5) is 33.3 Å². The zero-order chi connectivity index (χ0) is 29.0. The van der Waals surface area contributed by atoms with E-state index in [1.54, 1.807) is 24.3 Å². The number of anilines is 1. The highest BCUT2D eigenvalue weighted by molar-refractivity contribution is 6.30. The van der Waals surface area contributed by atoms with Gasteiger partial charge in [0.2, 0.25) is 0 Å². The quantitative estimate of drug-likeness (QED) is 0.158. The van der Waals surface area contributed by atoms with Gasteiger partial charge in [-0.2, -0.15) is 13.2 Å². The van der Waals surface area contributed by atoms with Crippen molar-refractivity contribution < 1.29 is 26.7 Å². The van der Waals surface area contributed by atoms with Crippen molar-refractivity contribution in [2.45, 2.75) is 25.6 Å². The molecule has 0 aliphatic carbocycles. The van der Waals surface area contributed by atoms with Gasteiger partial charge < -0.3 is 15.6 Å². The molecule has 0 radical (unpaired) electrons. The Kier molecular flexibility index (Phi) is 8.85. The molecule has 1 amide bonds. The van der Waals surface area contributed by atoms with Crippen molar-refractivity contribution in [1.82, 2.24) is 5.32 Å². The molecule has 0 aliphatic rings. The van der Waals surface area contributed by atoms with Crippen molar-refractivity contribution in [3.05, 3.63) is 111 Å². The summed E-state index contributed by atoms with van der Waals surface area (Å²) < 4.78 is 68.1. The third-order valence-electron chi connectivity index (χ3n) is 5.67. The van der Waals surface area contributed by atoms with Crippen molar-refractivity contribution in [1.29, 1.82) is 5.41 Å². The molecule has 0 saturated heterocycles. The van der Waals surface area contributed by atoms with Crippen molar-refractivity contribution in [3.63, 3.8) is 0 Å². The highest BCUT2D eigenvalue weighted by Gasteiger charge is 2.34. The van der Waals surface area contributed by atoms with Crippen molar-refractivity contribution in [2.75, 3.05) is 11.9 Å². The summed E-state index contributed by atoms with van der Waals surface area (Å²) in [5, 5.41) is 13.3. The minimum atomic E-state index is -4.77. The Morgan fingerprint density at radius 1 is 1.03 bits per heavy atom. The molecule has 3 rings (SSSR count). The number of benzene rings is 3. The standard InChI is InChI=1S/C27H22ClF5N4O2/c1-26(29,30)21-6-4-3-5-19(21)25(38)37(15-16-7-9-17(28)10-8-16)18-11-12-20(23(13-18)36-39)22(34)14-24(35-2)27(31,32)33/h3-14,34-35H,15H2,1-2H3/b24-14-,34-22?. The van der Waals surface area contributed by atoms with E-state index >= 15 is 0 Å². The molecule has 0 bridgehead atoms. The van der Waals surface area contributed by atoms with Gasteiger partial charge in [0, 0.05) is 41.4 Å². The SMILES string of the molecule is CN/C(=C\C(=N)c1ccc(N(Cc2ccc(Cl)cc2)C(=O)c2ccccc2C(C)(F)F)cc1N=O)C(F)(F)F. The molecule has 0 saturated carbocycles. The first-order chi connectivity index (χ1) is 18.3. The Bertz CT molecular complexity index is 1420. The number of nitrogens with one attached hydrogen (secondary N) is 2. The second-order valence-corrected chi connectivity index (χ2v) is 8.90. The average molecular weight is 565 g/mol. The maximum Gasteiger partial charge on any atom is 0.430 e. The van der Waals surface area contributed by atoms with Gasteiger partial charge in [0.25, 0.3) is 11.8 Å². The van der Waals surface area contributed by atoms with E-state index in [1.807, 2.05) is 5.32 Å². The van der Waals surface area contributed by atoms with Crippen LogP contribution in [-0.4, -0.2) is 24.8 Å². The molecule has 12 heteroatoms. The monoisotopic (exact) mass is 564 g/mol. The predicted molar refractivity (Wildman–Crippen MR) is 140 cm³/mol. The van der Waals surface area contributed by atoms with Gasteiger partial charge in [0.1, 0.15) is 11.4 Å². The number of carbonyl (C=O) groups is 1.